The Morgan fingerprint density at radius 2 is 2.00 bits per heavy atom. The lowest BCUT2D eigenvalue weighted by molar-refractivity contribution is -0.715. The fourth-order valence-corrected chi connectivity index (χ4v) is 1.81. The van der Waals surface area contributed by atoms with E-state index >= 15 is 0 Å². The van der Waals surface area contributed by atoms with Gasteiger partial charge in [-0.2, -0.15) is 0 Å². The molecule has 0 aromatic heterocycles. The van der Waals surface area contributed by atoms with Crippen LogP contribution in [0.2, 0.25) is 0 Å². The van der Waals surface area contributed by atoms with Gasteiger partial charge in [0.2, 0.25) is 5.28 Å². The molecule has 0 aromatic carbocycles. The van der Waals surface area contributed by atoms with E-state index in [2.05, 4.69) is 5.28 Å². The van der Waals surface area contributed by atoms with Crippen molar-refractivity contribution in [2.45, 2.75) is 46.0 Å². The Hall–Kier alpha value is -1.77. The van der Waals surface area contributed by atoms with E-state index in [1.165, 1.54) is 11.9 Å². The van der Waals surface area contributed by atoms with Crippen molar-refractivity contribution in [3.8, 4) is 0 Å². The summed E-state index contributed by atoms with van der Waals surface area (Å²) in [5.74, 6) is 0.226. The molecule has 1 rings (SSSR count). The van der Waals surface area contributed by atoms with Crippen molar-refractivity contribution >= 4 is 6.16 Å². The molecule has 9 nitrogen and oxygen atoms in total. The monoisotopic (exact) mass is 305 g/mol. The Kier molecular flexibility index (Phi) is 7.00. The highest BCUT2D eigenvalue weighted by molar-refractivity contribution is 5.60. The summed E-state index contributed by atoms with van der Waals surface area (Å²) >= 11 is 0. The van der Waals surface area contributed by atoms with Crippen LogP contribution in [0.4, 0.5) is 4.79 Å². The molecule has 0 aliphatic carbocycles. The predicted octanol–water partition coefficient (Wildman–Crippen LogP) is 1.41. The average molecular weight is 305 g/mol. The van der Waals surface area contributed by atoms with Gasteiger partial charge in [-0.25, -0.2) is 4.79 Å². The smallest absolute Gasteiger partial charge is 0.511 e. The number of nitrogens with zero attached hydrogens (tertiary/aromatic N) is 3. The summed E-state index contributed by atoms with van der Waals surface area (Å²) < 4.78 is 9.50. The van der Waals surface area contributed by atoms with Crippen LogP contribution in [-0.4, -0.2) is 53.3 Å². The van der Waals surface area contributed by atoms with E-state index in [0.717, 1.165) is 12.8 Å². The maximum atomic E-state index is 11.7. The number of carbonyl (C=O) groups is 1. The van der Waals surface area contributed by atoms with Crippen LogP contribution in [0, 0.1) is 11.1 Å². The number of carbonyl (C=O) groups excluding carboxylic acids is 1. The molecular weight excluding hydrogens is 282 g/mol. The van der Waals surface area contributed by atoms with Crippen molar-refractivity contribution in [2.75, 3.05) is 19.7 Å². The molecule has 0 radical (unpaired) electrons. The van der Waals surface area contributed by atoms with E-state index in [4.69, 9.17) is 19.4 Å². The number of hydrazine groups is 1. The molecular formula is C12H23N3O6. The molecule has 1 saturated heterocycles. The molecule has 0 amide bonds. The van der Waals surface area contributed by atoms with Crippen molar-refractivity contribution in [1.82, 2.24) is 5.01 Å². The van der Waals surface area contributed by atoms with E-state index < -0.39 is 12.4 Å². The number of aliphatic hydroxyl groups excluding tert-OH is 1. The molecule has 0 saturated carbocycles. The highest BCUT2D eigenvalue weighted by Crippen LogP contribution is 2.16. The Balaban J connectivity index is 2.33. The zero-order valence-corrected chi connectivity index (χ0v) is 12.6. The second-order valence-corrected chi connectivity index (χ2v) is 5.12. The van der Waals surface area contributed by atoms with Crippen molar-refractivity contribution in [1.29, 1.82) is 0 Å². The normalized spacial score (nSPS) is 18.5. The molecule has 0 aromatic rings. The average Bonchev–Trinajstić information content (AvgIpc) is 2.43. The van der Waals surface area contributed by atoms with Crippen LogP contribution >= 0.6 is 0 Å². The van der Waals surface area contributed by atoms with Gasteiger partial charge in [0.25, 0.3) is 6.29 Å². The van der Waals surface area contributed by atoms with Gasteiger partial charge in [0.05, 0.1) is 24.2 Å². The minimum atomic E-state index is -1.03. The third-order valence-corrected chi connectivity index (χ3v) is 2.95. The lowest BCUT2D eigenvalue weighted by Crippen LogP contribution is -2.39. The van der Waals surface area contributed by atoms with Crippen LogP contribution in [0.3, 0.4) is 0 Å². The van der Waals surface area contributed by atoms with Gasteiger partial charge in [-0.15, -0.1) is 5.01 Å². The third kappa shape index (κ3) is 6.48. The molecule has 1 heterocycles. The molecule has 0 spiro atoms. The summed E-state index contributed by atoms with van der Waals surface area (Å²) in [6.07, 6.45) is -0.767. The Morgan fingerprint density at radius 1 is 1.38 bits per heavy atom. The minimum Gasteiger partial charge on any atom is -0.569 e. The molecule has 122 valence electrons. The Morgan fingerprint density at radius 3 is 2.52 bits per heavy atom. The number of hydrogen-bond acceptors (Lipinski definition) is 7. The highest BCUT2D eigenvalue weighted by atomic mass is 16.8. The quantitative estimate of drug-likeness (QED) is 0.260. The second-order valence-electron chi connectivity index (χ2n) is 5.12. The Labute approximate surface area is 123 Å². The second kappa shape index (κ2) is 8.50. The fraction of sp³-hybridized carbons (Fsp3) is 0.917. The maximum Gasteiger partial charge on any atom is 0.511 e. The first-order valence-electron chi connectivity index (χ1n) is 6.99. The molecule has 1 fully saturated rings. The van der Waals surface area contributed by atoms with Crippen molar-refractivity contribution in [2.24, 2.45) is 11.2 Å². The molecule has 1 N–H and O–H groups in total. The minimum absolute atomic E-state index is 0.128. The molecule has 1 aliphatic heterocycles. The Bertz CT molecular complexity index is 355. The largest absolute Gasteiger partial charge is 0.569 e. The van der Waals surface area contributed by atoms with Gasteiger partial charge < -0.3 is 19.8 Å². The van der Waals surface area contributed by atoms with Crippen LogP contribution in [0.5, 0.6) is 0 Å². The van der Waals surface area contributed by atoms with E-state index in [1.807, 2.05) is 0 Å². The lowest BCUT2D eigenvalue weighted by Gasteiger charge is -2.26. The van der Waals surface area contributed by atoms with Gasteiger partial charge in [0.1, 0.15) is 0 Å². The fourth-order valence-electron chi connectivity index (χ4n) is 1.81. The first-order chi connectivity index (χ1) is 9.92. The molecule has 9 heteroatoms. The SMILES string of the molecule is CC(C)OC(=O)OC(C)O/N=[N+](\[O-])N1CCC(CO)CC1. The van der Waals surface area contributed by atoms with Gasteiger partial charge in [-0.05, 0) is 32.6 Å². The van der Waals surface area contributed by atoms with Crippen molar-refractivity contribution in [3.63, 3.8) is 0 Å². The van der Waals surface area contributed by atoms with Gasteiger partial charge in [-0.1, -0.05) is 0 Å². The highest BCUT2D eigenvalue weighted by Gasteiger charge is 2.24. The summed E-state index contributed by atoms with van der Waals surface area (Å²) in [5, 5.41) is 25.5. The summed E-state index contributed by atoms with van der Waals surface area (Å²) in [4.78, 5) is 16.3. The number of ether oxygens (including phenoxy) is 2. The van der Waals surface area contributed by atoms with Crippen LogP contribution in [-0.2, 0) is 14.3 Å². The van der Waals surface area contributed by atoms with Crippen molar-refractivity contribution < 1.29 is 29.2 Å². The predicted molar refractivity (Wildman–Crippen MR) is 70.7 cm³/mol. The van der Waals surface area contributed by atoms with E-state index in [1.54, 1.807) is 13.8 Å². The van der Waals surface area contributed by atoms with Crippen LogP contribution < -0.4 is 0 Å². The number of aliphatic hydroxyl groups is 1. The van der Waals surface area contributed by atoms with Crippen molar-refractivity contribution in [3.05, 3.63) is 5.21 Å². The first-order valence-corrected chi connectivity index (χ1v) is 6.99. The van der Waals surface area contributed by atoms with E-state index in [-0.39, 0.29) is 18.6 Å². The topological polar surface area (TPSA) is 107 Å². The first kappa shape index (κ1) is 17.3. The summed E-state index contributed by atoms with van der Waals surface area (Å²) in [5.41, 5.74) is 0. The molecule has 0 bridgehead atoms. The molecule has 1 unspecified atom stereocenters. The van der Waals surface area contributed by atoms with Gasteiger partial charge >= 0.3 is 6.16 Å². The standard InChI is InChI=1S/C12H23N3O6/c1-9(2)19-12(17)20-10(3)21-13-15(18)14-6-4-11(8-16)5-7-14/h9-11,16H,4-8H2,1-3H3/b15-13-. The van der Waals surface area contributed by atoms with Crippen LogP contribution in [0.15, 0.2) is 5.28 Å². The number of rotatable bonds is 6. The van der Waals surface area contributed by atoms with E-state index in [9.17, 15) is 10.0 Å². The van der Waals surface area contributed by atoms with Gasteiger partial charge in [0.15, 0.2) is 0 Å². The number of hydrogen-bond donors (Lipinski definition) is 1. The van der Waals surface area contributed by atoms with Gasteiger partial charge in [0, 0.05) is 13.5 Å². The van der Waals surface area contributed by atoms with E-state index in [0.29, 0.717) is 18.1 Å². The summed E-state index contributed by atoms with van der Waals surface area (Å²) in [6.45, 7) is 5.91. The maximum absolute atomic E-state index is 11.7. The van der Waals surface area contributed by atoms with Crippen LogP contribution in [0.1, 0.15) is 33.6 Å². The van der Waals surface area contributed by atoms with Gasteiger partial charge in [-0.3, -0.25) is 4.84 Å². The third-order valence-electron chi connectivity index (χ3n) is 2.95. The van der Waals surface area contributed by atoms with Crippen LogP contribution in [0.25, 0.3) is 0 Å². The molecule has 21 heavy (non-hydrogen) atoms. The zero-order chi connectivity index (χ0) is 15.8. The zero-order valence-electron chi connectivity index (χ0n) is 12.6. The summed E-state index contributed by atoms with van der Waals surface area (Å²) in [6, 6.07) is 0. The summed E-state index contributed by atoms with van der Waals surface area (Å²) in [7, 11) is 0. The number of piperidine rings is 1. The molecule has 1 aliphatic rings. The lowest BCUT2D eigenvalue weighted by atomic mass is 9.99. The molecule has 1 atom stereocenters.